The lowest BCUT2D eigenvalue weighted by molar-refractivity contribution is -0.604. The molecule has 3 aromatic rings. The number of anilines is 1. The number of amides is 1. The molecule has 0 bridgehead atoms. The Kier molecular flexibility index (Phi) is 6.08. The number of benzene rings is 1. The predicted molar refractivity (Wildman–Crippen MR) is 111 cm³/mol. The van der Waals surface area contributed by atoms with Crippen molar-refractivity contribution < 1.29 is 19.0 Å². The molecule has 0 saturated carbocycles. The van der Waals surface area contributed by atoms with Gasteiger partial charge in [0.05, 0.1) is 18.7 Å². The van der Waals surface area contributed by atoms with Gasteiger partial charge in [0.2, 0.25) is 6.20 Å². The maximum atomic E-state index is 12.9. The summed E-state index contributed by atoms with van der Waals surface area (Å²) in [5.41, 5.74) is 1.44. The zero-order chi connectivity index (χ0) is 21.0. The van der Waals surface area contributed by atoms with E-state index < -0.39 is 5.91 Å². The number of nitrogens with zero attached hydrogens (tertiary/aromatic N) is 4. The van der Waals surface area contributed by atoms with Crippen molar-refractivity contribution in [3.63, 3.8) is 0 Å². The summed E-state index contributed by atoms with van der Waals surface area (Å²) in [6.45, 7) is 1.72. The van der Waals surface area contributed by atoms with Crippen LogP contribution in [-0.2, 0) is 0 Å². The van der Waals surface area contributed by atoms with E-state index >= 15 is 0 Å². The smallest absolute Gasteiger partial charge is 0.261 e. The number of carbonyl (C=O) groups excluding carboxylic acids is 1. The highest BCUT2D eigenvalue weighted by molar-refractivity contribution is 14.1. The number of rotatable bonds is 5. The molecule has 2 aromatic heterocycles. The number of aromatic nitrogens is 3. The monoisotopic (exact) mass is 503 g/mol. The van der Waals surface area contributed by atoms with Gasteiger partial charge in [0.15, 0.2) is 17.7 Å². The second-order valence-electron chi connectivity index (χ2n) is 5.78. The number of hydrogen-bond acceptors (Lipinski definition) is 7. The minimum atomic E-state index is -0.510. The first kappa shape index (κ1) is 20.3. The molecule has 1 N–H and O–H groups in total. The van der Waals surface area contributed by atoms with Crippen molar-refractivity contribution in [3.8, 4) is 23.4 Å². The summed E-state index contributed by atoms with van der Waals surface area (Å²) in [6.07, 6.45) is 2.54. The molecule has 1 amide bonds. The third kappa shape index (κ3) is 4.52. The van der Waals surface area contributed by atoms with E-state index in [1.54, 1.807) is 25.1 Å². The zero-order valence-electron chi connectivity index (χ0n) is 15.3. The lowest BCUT2D eigenvalue weighted by atomic mass is 10.1. The van der Waals surface area contributed by atoms with Crippen LogP contribution in [0.15, 0.2) is 42.7 Å². The average Bonchev–Trinajstić information content (AvgIpc) is 2.71. The molecule has 0 aliphatic heterocycles. The van der Waals surface area contributed by atoms with Crippen LogP contribution in [0.25, 0.3) is 0 Å². The first-order chi connectivity index (χ1) is 13.9. The van der Waals surface area contributed by atoms with E-state index in [2.05, 4.69) is 15.5 Å². The summed E-state index contributed by atoms with van der Waals surface area (Å²) < 4.78 is 12.2. The normalized spacial score (nSPS) is 10.1. The van der Waals surface area contributed by atoms with Crippen molar-refractivity contribution in [3.05, 3.63) is 68.3 Å². The molecule has 0 unspecified atom stereocenters. The molecule has 146 valence electrons. The number of ether oxygens (including phenoxy) is 2. The summed E-state index contributed by atoms with van der Waals surface area (Å²) in [5.74, 6) is 0.0370. The molecule has 0 aliphatic rings. The van der Waals surface area contributed by atoms with Crippen LogP contribution in [0.1, 0.15) is 21.5 Å². The molecular formula is C19H14IN5O4. The highest BCUT2D eigenvalue weighted by Crippen LogP contribution is 2.34. The highest BCUT2D eigenvalue weighted by Gasteiger charge is 2.22. The SMILES string of the molecule is COc1cc(C#N)ccc1Oc1nnc(I)c(C)c1C(=O)Nc1ccc[n+]([O-])c1. The van der Waals surface area contributed by atoms with Crippen molar-refractivity contribution in [2.24, 2.45) is 0 Å². The summed E-state index contributed by atoms with van der Waals surface area (Å²) in [6, 6.07) is 9.74. The van der Waals surface area contributed by atoms with E-state index in [1.165, 1.54) is 31.6 Å². The molecule has 0 atom stereocenters. The maximum Gasteiger partial charge on any atom is 0.261 e. The Morgan fingerprint density at radius 3 is 2.79 bits per heavy atom. The number of nitriles is 1. The van der Waals surface area contributed by atoms with Crippen LogP contribution in [-0.4, -0.2) is 23.2 Å². The van der Waals surface area contributed by atoms with Gasteiger partial charge in [-0.15, -0.1) is 10.2 Å². The van der Waals surface area contributed by atoms with E-state index in [0.29, 0.717) is 31.0 Å². The van der Waals surface area contributed by atoms with Crippen LogP contribution in [0.2, 0.25) is 0 Å². The molecule has 9 nitrogen and oxygen atoms in total. The first-order valence-corrected chi connectivity index (χ1v) is 9.29. The summed E-state index contributed by atoms with van der Waals surface area (Å²) in [5, 5.41) is 31.1. The minimum Gasteiger partial charge on any atom is -0.619 e. The maximum absolute atomic E-state index is 12.9. The van der Waals surface area contributed by atoms with Gasteiger partial charge in [0.25, 0.3) is 11.8 Å². The number of carbonyl (C=O) groups is 1. The number of nitrogens with one attached hydrogen (secondary N) is 1. The predicted octanol–water partition coefficient (Wildman–Crippen LogP) is 2.95. The quantitative estimate of drug-likeness (QED) is 0.323. The van der Waals surface area contributed by atoms with Crippen LogP contribution >= 0.6 is 22.6 Å². The molecular weight excluding hydrogens is 489 g/mol. The molecule has 2 heterocycles. The average molecular weight is 503 g/mol. The third-order valence-electron chi connectivity index (χ3n) is 3.89. The van der Waals surface area contributed by atoms with Crippen LogP contribution in [0, 0.1) is 27.2 Å². The van der Waals surface area contributed by atoms with E-state index in [1.807, 2.05) is 28.7 Å². The van der Waals surface area contributed by atoms with Crippen molar-refractivity contribution >= 4 is 34.2 Å². The number of hydrogen-bond donors (Lipinski definition) is 1. The summed E-state index contributed by atoms with van der Waals surface area (Å²) in [7, 11) is 1.44. The van der Waals surface area contributed by atoms with Gasteiger partial charge in [-0.3, -0.25) is 4.79 Å². The Morgan fingerprint density at radius 1 is 1.31 bits per heavy atom. The van der Waals surface area contributed by atoms with E-state index in [9.17, 15) is 10.0 Å². The molecule has 10 heteroatoms. The van der Waals surface area contributed by atoms with Gasteiger partial charge in [0.1, 0.15) is 15.0 Å². The van der Waals surface area contributed by atoms with Crippen molar-refractivity contribution in [2.45, 2.75) is 6.92 Å². The molecule has 1 aromatic carbocycles. The minimum absolute atomic E-state index is 0.0330. The van der Waals surface area contributed by atoms with E-state index in [4.69, 9.17) is 14.7 Å². The van der Waals surface area contributed by atoms with Crippen molar-refractivity contribution in [1.82, 2.24) is 10.2 Å². The molecule has 29 heavy (non-hydrogen) atoms. The Labute approximate surface area is 179 Å². The van der Waals surface area contributed by atoms with Crippen molar-refractivity contribution in [2.75, 3.05) is 12.4 Å². The highest BCUT2D eigenvalue weighted by atomic mass is 127. The van der Waals surface area contributed by atoms with Crippen LogP contribution < -0.4 is 19.5 Å². The second-order valence-corrected chi connectivity index (χ2v) is 6.80. The lowest BCUT2D eigenvalue weighted by Gasteiger charge is -2.14. The molecule has 0 saturated heterocycles. The van der Waals surface area contributed by atoms with Crippen LogP contribution in [0.5, 0.6) is 17.4 Å². The Morgan fingerprint density at radius 2 is 2.10 bits per heavy atom. The third-order valence-corrected chi connectivity index (χ3v) is 4.91. The fraction of sp³-hybridized carbons (Fsp3) is 0.105. The van der Waals surface area contributed by atoms with Gasteiger partial charge in [-0.1, -0.05) is 0 Å². The lowest BCUT2D eigenvalue weighted by Crippen LogP contribution is -2.26. The Hall–Kier alpha value is -3.46. The summed E-state index contributed by atoms with van der Waals surface area (Å²) >= 11 is 1.97. The number of methoxy groups -OCH3 is 1. The van der Waals surface area contributed by atoms with E-state index in [-0.39, 0.29) is 17.2 Å². The second kappa shape index (κ2) is 8.70. The van der Waals surface area contributed by atoms with Gasteiger partial charge in [-0.25, -0.2) is 0 Å². The van der Waals surface area contributed by atoms with E-state index in [0.717, 1.165) is 0 Å². The number of pyridine rings is 1. The van der Waals surface area contributed by atoms with Gasteiger partial charge >= 0.3 is 0 Å². The molecule has 0 radical (unpaired) electrons. The topological polar surface area (TPSA) is 124 Å². The fourth-order valence-electron chi connectivity index (χ4n) is 2.46. The molecule has 3 rings (SSSR count). The Balaban J connectivity index is 2.00. The standard InChI is InChI=1S/C19H14IN5O4/c1-11-16(18(26)22-13-4-3-7-25(27)10-13)19(24-23-17(11)20)29-14-6-5-12(9-21)8-15(14)28-2/h3-8,10H,1-2H3,(H,22,26). The van der Waals surface area contributed by atoms with Gasteiger partial charge in [-0.2, -0.15) is 9.99 Å². The van der Waals surface area contributed by atoms with Crippen molar-refractivity contribution in [1.29, 1.82) is 5.26 Å². The molecule has 0 fully saturated rings. The first-order valence-electron chi connectivity index (χ1n) is 8.22. The largest absolute Gasteiger partial charge is 0.619 e. The van der Waals surface area contributed by atoms with Gasteiger partial charge in [-0.05, 0) is 47.7 Å². The molecule has 0 aliphatic carbocycles. The fourth-order valence-corrected chi connectivity index (χ4v) is 2.84. The Bertz CT molecular complexity index is 1130. The zero-order valence-corrected chi connectivity index (χ0v) is 17.5. The van der Waals surface area contributed by atoms with Crippen LogP contribution in [0.4, 0.5) is 5.69 Å². The van der Waals surface area contributed by atoms with Crippen LogP contribution in [0.3, 0.4) is 0 Å². The number of halogens is 1. The molecule has 0 spiro atoms. The van der Waals surface area contributed by atoms with Gasteiger partial charge in [0, 0.05) is 17.7 Å². The summed E-state index contributed by atoms with van der Waals surface area (Å²) in [4.78, 5) is 12.9. The van der Waals surface area contributed by atoms with Gasteiger partial charge < -0.3 is 20.0 Å².